The third-order valence-corrected chi connectivity index (χ3v) is 7.07. The van der Waals surface area contributed by atoms with E-state index in [9.17, 15) is 18.0 Å². The van der Waals surface area contributed by atoms with Gasteiger partial charge in [-0.1, -0.05) is 30.7 Å². The van der Waals surface area contributed by atoms with Crippen LogP contribution >= 0.6 is 23.4 Å². The maximum atomic E-state index is 13.3. The number of nitrogens with zero attached hydrogens (tertiary/aromatic N) is 2. The molecule has 0 radical (unpaired) electrons. The molecule has 32 heavy (non-hydrogen) atoms. The number of carbonyl (C=O) groups is 1. The number of rotatable bonds is 6. The highest BCUT2D eigenvalue weighted by molar-refractivity contribution is 7.98. The van der Waals surface area contributed by atoms with Crippen LogP contribution in [0.3, 0.4) is 0 Å². The van der Waals surface area contributed by atoms with E-state index >= 15 is 0 Å². The summed E-state index contributed by atoms with van der Waals surface area (Å²) in [5.41, 5.74) is 0.433. The number of hydrogen-bond donors (Lipinski definition) is 1. The summed E-state index contributed by atoms with van der Waals surface area (Å²) in [6.07, 6.45) is -0.798. The van der Waals surface area contributed by atoms with Crippen LogP contribution in [0.15, 0.2) is 35.2 Å². The van der Waals surface area contributed by atoms with E-state index in [1.54, 1.807) is 13.0 Å². The maximum Gasteiger partial charge on any atom is 0.433 e. The molecule has 2 heterocycles. The lowest BCUT2D eigenvalue weighted by Crippen LogP contribution is -2.35. The molecular weight excluding hydrogens is 459 g/mol. The topological polar surface area (TPSA) is 45.2 Å². The first-order valence-electron chi connectivity index (χ1n) is 10.5. The minimum atomic E-state index is -4.52. The minimum Gasteiger partial charge on any atom is -0.356 e. The van der Waals surface area contributed by atoms with Crippen molar-refractivity contribution in [3.63, 3.8) is 0 Å². The number of hydrogen-bond acceptors (Lipinski definition) is 4. The van der Waals surface area contributed by atoms with Gasteiger partial charge >= 0.3 is 6.18 Å². The molecule has 1 aromatic carbocycles. The molecule has 1 N–H and O–H groups in total. The quantitative estimate of drug-likeness (QED) is 0.500. The van der Waals surface area contributed by atoms with Crippen molar-refractivity contribution in [1.82, 2.24) is 10.3 Å². The molecule has 0 spiro atoms. The number of amides is 1. The zero-order chi connectivity index (χ0) is 23.5. The Morgan fingerprint density at radius 2 is 1.97 bits per heavy atom. The number of carbonyl (C=O) groups excluding carboxylic acids is 1. The van der Waals surface area contributed by atoms with Gasteiger partial charge in [0.05, 0.1) is 10.9 Å². The summed E-state index contributed by atoms with van der Waals surface area (Å²) in [5, 5.41) is 3.44. The number of piperidine rings is 1. The molecule has 1 aromatic heterocycles. The predicted molar refractivity (Wildman–Crippen MR) is 123 cm³/mol. The van der Waals surface area contributed by atoms with Crippen molar-refractivity contribution >= 4 is 35.1 Å². The number of thioether (sulfide) groups is 1. The van der Waals surface area contributed by atoms with Gasteiger partial charge in [-0.2, -0.15) is 13.2 Å². The molecule has 0 saturated carbocycles. The van der Waals surface area contributed by atoms with Crippen molar-refractivity contribution in [2.24, 2.45) is 5.92 Å². The highest BCUT2D eigenvalue weighted by Gasteiger charge is 2.34. The van der Waals surface area contributed by atoms with Crippen molar-refractivity contribution < 1.29 is 18.0 Å². The Hall–Kier alpha value is -1.93. The Bertz CT molecular complexity index is 962. The van der Waals surface area contributed by atoms with Crippen molar-refractivity contribution in [2.75, 3.05) is 24.2 Å². The van der Waals surface area contributed by atoms with E-state index in [0.29, 0.717) is 35.4 Å². The third-order valence-electron chi connectivity index (χ3n) is 5.85. The Morgan fingerprint density at radius 1 is 1.28 bits per heavy atom. The second kappa shape index (κ2) is 10.3. The fraction of sp³-hybridized carbons (Fsp3) is 0.478. The highest BCUT2D eigenvalue weighted by atomic mass is 35.5. The first-order valence-corrected chi connectivity index (χ1v) is 12.1. The average Bonchev–Trinajstić information content (AvgIpc) is 2.76. The fourth-order valence-corrected chi connectivity index (χ4v) is 4.58. The molecule has 0 aliphatic carbocycles. The van der Waals surface area contributed by atoms with E-state index in [1.807, 2.05) is 23.3 Å². The lowest BCUT2D eigenvalue weighted by atomic mass is 9.98. The van der Waals surface area contributed by atoms with E-state index in [-0.39, 0.29) is 12.5 Å². The number of anilines is 1. The van der Waals surface area contributed by atoms with Crippen LogP contribution in [-0.2, 0) is 17.5 Å². The second-order valence-corrected chi connectivity index (χ2v) is 9.44. The molecule has 174 valence electrons. The van der Waals surface area contributed by atoms with E-state index in [1.165, 1.54) is 17.8 Å². The monoisotopic (exact) mass is 485 g/mol. The first-order chi connectivity index (χ1) is 15.1. The summed E-state index contributed by atoms with van der Waals surface area (Å²) in [6.45, 7) is 5.31. The van der Waals surface area contributed by atoms with Crippen LogP contribution in [0, 0.1) is 5.92 Å². The predicted octanol–water partition coefficient (Wildman–Crippen LogP) is 6.13. The molecular formula is C23H27ClF3N3OS. The lowest BCUT2D eigenvalue weighted by Gasteiger charge is -2.33. The van der Waals surface area contributed by atoms with Gasteiger partial charge in [0.1, 0.15) is 11.5 Å². The van der Waals surface area contributed by atoms with Gasteiger partial charge in [0.15, 0.2) is 0 Å². The second-order valence-electron chi connectivity index (χ2n) is 8.18. The van der Waals surface area contributed by atoms with Crippen LogP contribution in [0.5, 0.6) is 0 Å². The van der Waals surface area contributed by atoms with Gasteiger partial charge < -0.3 is 10.2 Å². The molecule has 3 rings (SSSR count). The molecule has 4 nitrogen and oxygen atoms in total. The SMILES string of the molecule is CSc1ccc(C(C)C(=O)NCc2ccc(C(F)(F)F)nc2N2CCC(C)CC2)cc1Cl. The fourth-order valence-electron chi connectivity index (χ4n) is 3.71. The van der Waals surface area contributed by atoms with Gasteiger partial charge in [0, 0.05) is 30.1 Å². The minimum absolute atomic E-state index is 0.103. The van der Waals surface area contributed by atoms with Crippen LogP contribution in [0.25, 0.3) is 0 Å². The van der Waals surface area contributed by atoms with Crippen LogP contribution in [0.2, 0.25) is 5.02 Å². The molecule has 1 saturated heterocycles. The lowest BCUT2D eigenvalue weighted by molar-refractivity contribution is -0.141. The maximum absolute atomic E-state index is 13.3. The van der Waals surface area contributed by atoms with Gasteiger partial charge in [0.2, 0.25) is 5.91 Å². The van der Waals surface area contributed by atoms with Gasteiger partial charge in [-0.25, -0.2) is 4.98 Å². The molecule has 1 aliphatic heterocycles. The molecule has 2 aromatic rings. The largest absolute Gasteiger partial charge is 0.433 e. The molecule has 1 unspecified atom stereocenters. The summed E-state index contributed by atoms with van der Waals surface area (Å²) in [6, 6.07) is 7.90. The summed E-state index contributed by atoms with van der Waals surface area (Å²) < 4.78 is 39.8. The number of alkyl halides is 3. The van der Waals surface area contributed by atoms with Crippen LogP contribution in [0.1, 0.15) is 49.4 Å². The summed E-state index contributed by atoms with van der Waals surface area (Å²) in [7, 11) is 0. The average molecular weight is 486 g/mol. The normalized spacial score (nSPS) is 16.2. The number of nitrogens with one attached hydrogen (secondary N) is 1. The van der Waals surface area contributed by atoms with E-state index < -0.39 is 17.8 Å². The summed E-state index contributed by atoms with van der Waals surface area (Å²) >= 11 is 7.79. The Labute approximate surface area is 195 Å². The smallest absolute Gasteiger partial charge is 0.356 e. The Kier molecular flexibility index (Phi) is 7.98. The van der Waals surface area contributed by atoms with Gasteiger partial charge in [-0.05, 0) is 55.7 Å². The van der Waals surface area contributed by atoms with Crippen LogP contribution in [0.4, 0.5) is 19.0 Å². The standard InChI is InChI=1S/C23H27ClF3N3OS/c1-14-8-10-30(11-9-14)21-17(5-7-20(29-21)23(25,26)27)13-28-22(31)15(2)16-4-6-19(32-3)18(24)12-16/h4-7,12,14-15H,8-11,13H2,1-3H3,(H,28,31). The molecule has 1 atom stereocenters. The zero-order valence-electron chi connectivity index (χ0n) is 18.3. The van der Waals surface area contributed by atoms with Gasteiger partial charge in [-0.3, -0.25) is 4.79 Å². The highest BCUT2D eigenvalue weighted by Crippen LogP contribution is 2.32. The number of benzene rings is 1. The number of pyridine rings is 1. The van der Waals surface area contributed by atoms with E-state index in [0.717, 1.165) is 29.4 Å². The first kappa shape index (κ1) is 24.7. The Morgan fingerprint density at radius 3 is 2.56 bits per heavy atom. The number of aromatic nitrogens is 1. The van der Waals surface area contributed by atoms with Crippen LogP contribution < -0.4 is 10.2 Å². The summed E-state index contributed by atoms with van der Waals surface area (Å²) in [5.74, 6) is 0.151. The molecule has 1 aliphatic rings. The van der Waals surface area contributed by atoms with E-state index in [2.05, 4.69) is 17.2 Å². The number of halogens is 4. The molecule has 1 fully saturated rings. The van der Waals surface area contributed by atoms with E-state index in [4.69, 9.17) is 11.6 Å². The Balaban J connectivity index is 1.77. The summed E-state index contributed by atoms with van der Waals surface area (Å²) in [4.78, 5) is 19.5. The third kappa shape index (κ3) is 5.90. The van der Waals surface area contributed by atoms with Crippen molar-refractivity contribution in [3.8, 4) is 0 Å². The van der Waals surface area contributed by atoms with Crippen molar-refractivity contribution in [3.05, 3.63) is 52.2 Å². The van der Waals surface area contributed by atoms with Gasteiger partial charge in [-0.15, -0.1) is 11.8 Å². The molecule has 9 heteroatoms. The molecule has 0 bridgehead atoms. The molecule has 1 amide bonds. The van der Waals surface area contributed by atoms with Crippen molar-refractivity contribution in [2.45, 2.75) is 50.2 Å². The van der Waals surface area contributed by atoms with Gasteiger partial charge in [0.25, 0.3) is 0 Å². The zero-order valence-corrected chi connectivity index (χ0v) is 19.9. The van der Waals surface area contributed by atoms with Crippen LogP contribution in [-0.4, -0.2) is 30.2 Å². The van der Waals surface area contributed by atoms with Crippen molar-refractivity contribution in [1.29, 1.82) is 0 Å².